The molecule has 0 radical (unpaired) electrons. The summed E-state index contributed by atoms with van der Waals surface area (Å²) in [6.45, 7) is 14.8. The molecule has 7 N–H and O–H groups in total. The third kappa shape index (κ3) is 6.70. The second-order valence-electron chi connectivity index (χ2n) is 19.9. The van der Waals surface area contributed by atoms with Crippen molar-refractivity contribution < 1.29 is 73.9 Å². The number of carboxylic acid groups (broad SMARTS) is 4. The number of aliphatic carboxylic acids is 4. The van der Waals surface area contributed by atoms with Gasteiger partial charge in [-0.3, -0.25) is 4.79 Å². The third-order valence-electron chi connectivity index (χ3n) is 16.3. The van der Waals surface area contributed by atoms with Crippen LogP contribution in [0.1, 0.15) is 113 Å². The summed E-state index contributed by atoms with van der Waals surface area (Å²) in [5, 5.41) is 71.6. The number of allylic oxidation sites excluding steroid dienone is 2. The van der Waals surface area contributed by atoms with Gasteiger partial charge in [0, 0.05) is 0 Å². The molecule has 0 aromatic carbocycles. The first-order valence-corrected chi connectivity index (χ1v) is 20.1. The fourth-order valence-corrected chi connectivity index (χ4v) is 12.9. The highest BCUT2D eigenvalue weighted by Gasteiger charge is 2.69. The molecule has 15 nitrogen and oxygen atoms in total. The summed E-state index contributed by atoms with van der Waals surface area (Å²) in [6, 6.07) is 0. The molecule has 0 bridgehead atoms. The Kier molecular flexibility index (Phi) is 11.2. The summed E-state index contributed by atoms with van der Waals surface area (Å²) in [5.74, 6) is -5.22. The van der Waals surface area contributed by atoms with E-state index in [1.54, 1.807) is 0 Å². The van der Waals surface area contributed by atoms with E-state index in [2.05, 4.69) is 54.5 Å². The lowest BCUT2D eigenvalue weighted by Gasteiger charge is -2.71. The number of carboxylic acids is 4. The molecule has 5 fully saturated rings. The van der Waals surface area contributed by atoms with Gasteiger partial charge in [-0.1, -0.05) is 60.1 Å². The molecule has 1 aliphatic heterocycles. The Balaban J connectivity index is 1.25. The van der Waals surface area contributed by atoms with Crippen molar-refractivity contribution in [3.63, 3.8) is 0 Å². The van der Waals surface area contributed by atoms with E-state index in [0.717, 1.165) is 44.9 Å². The van der Waals surface area contributed by atoms with Gasteiger partial charge in [-0.2, -0.15) is 0 Å². The SMILES string of the molecule is CC1(C)CC[C@]2(C(=O)O)CC[C@]3(C)C(=CCC4[C@@]5(C)CC[C@H](O[C@@H]6O[C@H](C(=O)O)[C@@H](O)[C@H](O[C@@H](OCC(=O)O)[C@@H](O)C(=O)O)[C@H]6O)C(C)(C)C5CC[C@]43C)C2C1. The average Bonchev–Trinajstić information content (AvgIpc) is 3.09. The number of aliphatic hydroxyl groups is 3. The highest BCUT2D eigenvalue weighted by Crippen LogP contribution is 2.76. The van der Waals surface area contributed by atoms with Crippen molar-refractivity contribution in [2.75, 3.05) is 6.61 Å². The molecule has 0 aromatic rings. The zero-order valence-electron chi connectivity index (χ0n) is 33.6. The minimum Gasteiger partial charge on any atom is -0.481 e. The second kappa shape index (κ2) is 14.6. The molecular weight excluding hydrogens is 732 g/mol. The Morgan fingerprint density at radius 3 is 2.12 bits per heavy atom. The van der Waals surface area contributed by atoms with Crippen molar-refractivity contribution in [1.29, 1.82) is 0 Å². The number of carbonyl (C=O) groups is 4. The second-order valence-corrected chi connectivity index (χ2v) is 19.9. The smallest absolute Gasteiger partial charge is 0.337 e. The maximum Gasteiger partial charge on any atom is 0.337 e. The summed E-state index contributed by atoms with van der Waals surface area (Å²) in [4.78, 5) is 48.0. The molecule has 6 aliphatic rings. The molecule has 0 aromatic heterocycles. The zero-order valence-corrected chi connectivity index (χ0v) is 33.6. The number of aliphatic hydroxyl groups excluding tert-OH is 3. The molecule has 316 valence electrons. The number of fused-ring (bicyclic) bond motifs is 7. The van der Waals surface area contributed by atoms with Crippen LogP contribution >= 0.6 is 0 Å². The van der Waals surface area contributed by atoms with Crippen LogP contribution in [0.15, 0.2) is 11.6 Å². The number of rotatable bonds is 11. The van der Waals surface area contributed by atoms with Crippen LogP contribution < -0.4 is 0 Å². The highest BCUT2D eigenvalue weighted by atomic mass is 16.7. The van der Waals surface area contributed by atoms with Gasteiger partial charge in [0.05, 0.1) is 11.5 Å². The van der Waals surface area contributed by atoms with Gasteiger partial charge in [0.2, 0.25) is 6.10 Å². The number of ether oxygens (including phenoxy) is 4. The minimum absolute atomic E-state index is 0.000609. The predicted molar refractivity (Wildman–Crippen MR) is 196 cm³/mol. The predicted octanol–water partition coefficient (Wildman–Crippen LogP) is 4.05. The van der Waals surface area contributed by atoms with Crippen LogP contribution in [-0.2, 0) is 38.1 Å². The lowest BCUT2D eigenvalue weighted by atomic mass is 9.33. The highest BCUT2D eigenvalue weighted by molar-refractivity contribution is 5.77. The first-order valence-electron chi connectivity index (χ1n) is 20.1. The fraction of sp³-hybridized carbons (Fsp3) is 0.854. The van der Waals surface area contributed by atoms with Gasteiger partial charge in [-0.15, -0.1) is 0 Å². The Bertz CT molecular complexity index is 1610. The number of hydrogen-bond acceptors (Lipinski definition) is 11. The standard InChI is InChI=1S/C41H62O15/c1-36(2)14-16-41(35(51)52)17-15-39(6)20(21(41)18-36)8-9-23-38(5)12-11-24(37(3,4)22(38)10-13-40(23,39)7)54-34-27(45)29(26(44)30(56-34)32(49)50)55-33(28(46)31(47)48)53-19-25(42)43/h8,21-24,26-30,33-34,44-46H,9-19H2,1-7H3,(H,42,43)(H,47,48)(H,49,50)(H,51,52)/t21?,22?,23?,24-,26-,27+,28-,29-,30-,33+,34+,38-,39+,40+,41-/m0/s1. The van der Waals surface area contributed by atoms with Gasteiger partial charge >= 0.3 is 23.9 Å². The van der Waals surface area contributed by atoms with Crippen molar-refractivity contribution in [2.45, 2.75) is 162 Å². The average molecular weight is 795 g/mol. The third-order valence-corrected chi connectivity index (χ3v) is 16.3. The van der Waals surface area contributed by atoms with E-state index >= 15 is 0 Å². The Hall–Kier alpha value is -2.66. The van der Waals surface area contributed by atoms with E-state index in [4.69, 9.17) is 24.1 Å². The Labute approximate surface area is 327 Å². The van der Waals surface area contributed by atoms with E-state index < -0.39 is 90.5 Å². The molecule has 0 spiro atoms. The van der Waals surface area contributed by atoms with Gasteiger partial charge in [0.25, 0.3) is 0 Å². The molecule has 4 saturated carbocycles. The largest absolute Gasteiger partial charge is 0.481 e. The van der Waals surface area contributed by atoms with Gasteiger partial charge in [0.1, 0.15) is 24.9 Å². The molecule has 56 heavy (non-hydrogen) atoms. The van der Waals surface area contributed by atoms with Crippen molar-refractivity contribution in [2.24, 2.45) is 50.2 Å². The molecule has 15 atom stereocenters. The van der Waals surface area contributed by atoms with Crippen LogP contribution in [0.5, 0.6) is 0 Å². The van der Waals surface area contributed by atoms with Gasteiger partial charge in [-0.05, 0) is 109 Å². The lowest BCUT2D eigenvalue weighted by molar-refractivity contribution is -0.345. The van der Waals surface area contributed by atoms with Crippen molar-refractivity contribution in [3.05, 3.63) is 11.6 Å². The van der Waals surface area contributed by atoms with E-state index in [1.165, 1.54) is 5.57 Å². The molecular formula is C41H62O15. The van der Waals surface area contributed by atoms with Gasteiger partial charge < -0.3 is 54.7 Å². The minimum atomic E-state index is -2.44. The summed E-state index contributed by atoms with van der Waals surface area (Å²) < 4.78 is 22.5. The maximum absolute atomic E-state index is 13.0. The van der Waals surface area contributed by atoms with E-state index in [9.17, 15) is 49.8 Å². The van der Waals surface area contributed by atoms with E-state index in [0.29, 0.717) is 25.2 Å². The molecule has 1 heterocycles. The van der Waals surface area contributed by atoms with Gasteiger partial charge in [0.15, 0.2) is 18.7 Å². The van der Waals surface area contributed by atoms with Crippen LogP contribution in [0.3, 0.4) is 0 Å². The molecule has 3 unspecified atom stereocenters. The van der Waals surface area contributed by atoms with Crippen LogP contribution in [0.25, 0.3) is 0 Å². The normalized spacial score (nSPS) is 45.0. The van der Waals surface area contributed by atoms with Crippen LogP contribution in [0, 0.1) is 50.2 Å². The van der Waals surface area contributed by atoms with E-state index in [1.807, 2.05) is 0 Å². The summed E-state index contributed by atoms with van der Waals surface area (Å²) >= 11 is 0. The van der Waals surface area contributed by atoms with Crippen LogP contribution in [0.4, 0.5) is 0 Å². The summed E-state index contributed by atoms with van der Waals surface area (Å²) in [5.41, 5.74) is -0.246. The van der Waals surface area contributed by atoms with Crippen molar-refractivity contribution in [3.8, 4) is 0 Å². The molecule has 0 amide bonds. The van der Waals surface area contributed by atoms with Crippen molar-refractivity contribution >= 4 is 23.9 Å². The van der Waals surface area contributed by atoms with Crippen LogP contribution in [-0.4, -0.2) is 115 Å². The van der Waals surface area contributed by atoms with Crippen molar-refractivity contribution in [1.82, 2.24) is 0 Å². The first kappa shape index (κ1) is 42.9. The van der Waals surface area contributed by atoms with Gasteiger partial charge in [-0.25, -0.2) is 14.4 Å². The maximum atomic E-state index is 13.0. The number of hydrogen-bond donors (Lipinski definition) is 7. The Morgan fingerprint density at radius 2 is 1.52 bits per heavy atom. The topological polar surface area (TPSA) is 247 Å². The summed E-state index contributed by atoms with van der Waals surface area (Å²) in [7, 11) is 0. The Morgan fingerprint density at radius 1 is 0.857 bits per heavy atom. The first-order chi connectivity index (χ1) is 25.9. The molecule has 1 saturated heterocycles. The quantitative estimate of drug-likeness (QED) is 0.0886. The monoisotopic (exact) mass is 794 g/mol. The fourth-order valence-electron chi connectivity index (χ4n) is 12.9. The van der Waals surface area contributed by atoms with Crippen LogP contribution in [0.2, 0.25) is 0 Å². The molecule has 15 heteroatoms. The van der Waals surface area contributed by atoms with E-state index in [-0.39, 0.29) is 33.5 Å². The zero-order chi connectivity index (χ0) is 41.6. The molecule has 6 rings (SSSR count). The molecule has 5 aliphatic carbocycles. The summed E-state index contributed by atoms with van der Waals surface area (Å²) in [6.07, 6.45) is -4.44. The lowest BCUT2D eigenvalue weighted by Crippen LogP contribution is -2.66.